The Bertz CT molecular complexity index is 263. The molecule has 3 nitrogen and oxygen atoms in total. The number of ether oxygens (including phenoxy) is 2. The van der Waals surface area contributed by atoms with Crippen LogP contribution in [0.15, 0.2) is 0 Å². The Morgan fingerprint density at radius 1 is 1.28 bits per heavy atom. The largest absolute Gasteiger partial charge is 0.378 e. The van der Waals surface area contributed by atoms with Crippen LogP contribution in [0.4, 0.5) is 0 Å². The molecule has 0 saturated carbocycles. The summed E-state index contributed by atoms with van der Waals surface area (Å²) in [5.74, 6) is 2.49. The normalized spacial score (nSPS) is 40.7. The minimum Gasteiger partial charge on any atom is -0.378 e. The summed E-state index contributed by atoms with van der Waals surface area (Å²) in [6.07, 6.45) is 7.86. The zero-order valence-electron chi connectivity index (χ0n) is 11.2. The third kappa shape index (κ3) is 3.21. The lowest BCUT2D eigenvalue weighted by Crippen LogP contribution is -2.47. The summed E-state index contributed by atoms with van der Waals surface area (Å²) in [5.41, 5.74) is 0.213. The molecule has 18 heavy (non-hydrogen) atoms. The fourth-order valence-corrected chi connectivity index (χ4v) is 4.76. The second kappa shape index (κ2) is 6.12. The Labute approximate surface area is 114 Å². The van der Waals surface area contributed by atoms with E-state index in [0.29, 0.717) is 12.1 Å². The van der Waals surface area contributed by atoms with Crippen LogP contribution in [0.1, 0.15) is 38.5 Å². The minimum absolute atomic E-state index is 0.213. The van der Waals surface area contributed by atoms with E-state index in [4.69, 9.17) is 9.47 Å². The first-order chi connectivity index (χ1) is 8.86. The summed E-state index contributed by atoms with van der Waals surface area (Å²) < 4.78 is 11.7. The van der Waals surface area contributed by atoms with Gasteiger partial charge in [0.05, 0.1) is 11.7 Å². The lowest BCUT2D eigenvalue weighted by atomic mass is 9.90. The summed E-state index contributed by atoms with van der Waals surface area (Å²) in [7, 11) is 0. The fraction of sp³-hybridized carbons (Fsp3) is 1.00. The molecule has 0 amide bonds. The van der Waals surface area contributed by atoms with E-state index in [1.54, 1.807) is 0 Å². The van der Waals surface area contributed by atoms with Crippen LogP contribution in [0.2, 0.25) is 0 Å². The summed E-state index contributed by atoms with van der Waals surface area (Å²) in [6, 6.07) is 0.666. The monoisotopic (exact) mass is 271 g/mol. The highest BCUT2D eigenvalue weighted by molar-refractivity contribution is 7.99. The van der Waals surface area contributed by atoms with Crippen molar-refractivity contribution in [3.8, 4) is 0 Å². The standard InChI is InChI=1S/C14H25NO2S/c1-2-13(16-7-1)3-6-15-12-4-8-17-14(10-12)5-9-18-11-14/h12-13,15H,1-11H2. The van der Waals surface area contributed by atoms with Crippen LogP contribution in [-0.2, 0) is 9.47 Å². The molecule has 1 N–H and O–H groups in total. The fourth-order valence-electron chi connectivity index (χ4n) is 3.39. The van der Waals surface area contributed by atoms with Crippen molar-refractivity contribution in [2.75, 3.05) is 31.3 Å². The average molecular weight is 271 g/mol. The van der Waals surface area contributed by atoms with E-state index >= 15 is 0 Å². The summed E-state index contributed by atoms with van der Waals surface area (Å²) in [6.45, 7) is 3.03. The number of rotatable bonds is 4. The molecule has 3 atom stereocenters. The predicted molar refractivity (Wildman–Crippen MR) is 75.2 cm³/mol. The topological polar surface area (TPSA) is 30.5 Å². The van der Waals surface area contributed by atoms with E-state index in [1.807, 2.05) is 0 Å². The smallest absolute Gasteiger partial charge is 0.0795 e. The average Bonchev–Trinajstić information content (AvgIpc) is 3.02. The Kier molecular flexibility index (Phi) is 4.50. The van der Waals surface area contributed by atoms with Crippen molar-refractivity contribution in [2.45, 2.75) is 56.3 Å². The van der Waals surface area contributed by atoms with Gasteiger partial charge in [0.15, 0.2) is 0 Å². The molecular formula is C14H25NO2S. The number of hydrogen-bond acceptors (Lipinski definition) is 4. The molecule has 0 aromatic heterocycles. The predicted octanol–water partition coefficient (Wildman–Crippen LogP) is 2.20. The quantitative estimate of drug-likeness (QED) is 0.849. The highest BCUT2D eigenvalue weighted by Gasteiger charge is 2.40. The molecule has 0 bridgehead atoms. The molecule has 0 aromatic rings. The molecule has 3 fully saturated rings. The third-order valence-electron chi connectivity index (χ3n) is 4.48. The van der Waals surface area contributed by atoms with Gasteiger partial charge in [0.25, 0.3) is 0 Å². The number of nitrogens with one attached hydrogen (secondary N) is 1. The van der Waals surface area contributed by atoms with Crippen molar-refractivity contribution in [1.29, 1.82) is 0 Å². The van der Waals surface area contributed by atoms with Crippen LogP contribution in [0, 0.1) is 0 Å². The van der Waals surface area contributed by atoms with Crippen LogP contribution in [0.25, 0.3) is 0 Å². The van der Waals surface area contributed by atoms with Crippen LogP contribution < -0.4 is 5.32 Å². The van der Waals surface area contributed by atoms with Crippen LogP contribution >= 0.6 is 11.8 Å². The molecular weight excluding hydrogens is 246 g/mol. The second-order valence-electron chi connectivity index (χ2n) is 5.90. The molecule has 3 aliphatic rings. The van der Waals surface area contributed by atoms with E-state index in [2.05, 4.69) is 17.1 Å². The number of hydrogen-bond donors (Lipinski definition) is 1. The van der Waals surface area contributed by atoms with E-state index < -0.39 is 0 Å². The van der Waals surface area contributed by atoms with Crippen molar-refractivity contribution >= 4 is 11.8 Å². The van der Waals surface area contributed by atoms with Gasteiger partial charge in [0, 0.05) is 25.0 Å². The summed E-state index contributed by atoms with van der Waals surface area (Å²) in [5, 5.41) is 3.73. The SMILES string of the molecule is C1COC(CCNC2CCOC3(CCSC3)C2)C1. The van der Waals surface area contributed by atoms with E-state index in [-0.39, 0.29) is 5.60 Å². The molecule has 3 unspecified atom stereocenters. The number of thioether (sulfide) groups is 1. The summed E-state index contributed by atoms with van der Waals surface area (Å²) >= 11 is 2.05. The van der Waals surface area contributed by atoms with Gasteiger partial charge in [-0.05, 0) is 50.8 Å². The Hall–Kier alpha value is 0.230. The maximum absolute atomic E-state index is 6.05. The van der Waals surface area contributed by atoms with Crippen molar-refractivity contribution < 1.29 is 9.47 Å². The lowest BCUT2D eigenvalue weighted by molar-refractivity contribution is -0.0702. The molecule has 0 radical (unpaired) electrons. The van der Waals surface area contributed by atoms with Crippen molar-refractivity contribution in [2.24, 2.45) is 0 Å². The minimum atomic E-state index is 0.213. The first kappa shape index (κ1) is 13.2. The van der Waals surface area contributed by atoms with Crippen molar-refractivity contribution in [3.05, 3.63) is 0 Å². The van der Waals surface area contributed by atoms with Gasteiger partial charge in [0.2, 0.25) is 0 Å². The molecule has 104 valence electrons. The molecule has 3 heterocycles. The molecule has 1 spiro atoms. The molecule has 3 rings (SSSR count). The van der Waals surface area contributed by atoms with Crippen LogP contribution in [-0.4, -0.2) is 49.0 Å². The molecule has 0 aromatic carbocycles. The Morgan fingerprint density at radius 2 is 2.28 bits per heavy atom. The van der Waals surface area contributed by atoms with Crippen molar-refractivity contribution in [3.63, 3.8) is 0 Å². The van der Waals surface area contributed by atoms with E-state index in [1.165, 1.54) is 50.0 Å². The van der Waals surface area contributed by atoms with Gasteiger partial charge >= 0.3 is 0 Å². The third-order valence-corrected chi connectivity index (χ3v) is 5.71. The molecule has 3 saturated heterocycles. The second-order valence-corrected chi connectivity index (χ2v) is 7.01. The Balaban J connectivity index is 1.39. The van der Waals surface area contributed by atoms with Gasteiger partial charge < -0.3 is 14.8 Å². The van der Waals surface area contributed by atoms with Gasteiger partial charge in [-0.3, -0.25) is 0 Å². The first-order valence-electron chi connectivity index (χ1n) is 7.43. The lowest BCUT2D eigenvalue weighted by Gasteiger charge is -2.38. The zero-order chi connectivity index (χ0) is 12.3. The highest BCUT2D eigenvalue weighted by Crippen LogP contribution is 2.38. The van der Waals surface area contributed by atoms with E-state index in [9.17, 15) is 0 Å². The van der Waals surface area contributed by atoms with Gasteiger partial charge in [-0.2, -0.15) is 11.8 Å². The molecule has 4 heteroatoms. The molecule has 3 aliphatic heterocycles. The first-order valence-corrected chi connectivity index (χ1v) is 8.59. The van der Waals surface area contributed by atoms with E-state index in [0.717, 1.165) is 19.8 Å². The highest BCUT2D eigenvalue weighted by atomic mass is 32.2. The van der Waals surface area contributed by atoms with Crippen molar-refractivity contribution in [1.82, 2.24) is 5.32 Å². The zero-order valence-corrected chi connectivity index (χ0v) is 12.0. The van der Waals surface area contributed by atoms with Crippen LogP contribution in [0.5, 0.6) is 0 Å². The van der Waals surface area contributed by atoms with Gasteiger partial charge in [-0.25, -0.2) is 0 Å². The van der Waals surface area contributed by atoms with Gasteiger partial charge in [-0.15, -0.1) is 0 Å². The van der Waals surface area contributed by atoms with Gasteiger partial charge in [0.1, 0.15) is 0 Å². The Morgan fingerprint density at radius 3 is 3.06 bits per heavy atom. The maximum Gasteiger partial charge on any atom is 0.0795 e. The molecule has 0 aliphatic carbocycles. The summed E-state index contributed by atoms with van der Waals surface area (Å²) in [4.78, 5) is 0. The maximum atomic E-state index is 6.05. The van der Waals surface area contributed by atoms with Crippen LogP contribution in [0.3, 0.4) is 0 Å². The van der Waals surface area contributed by atoms with Gasteiger partial charge in [-0.1, -0.05) is 0 Å².